The number of aryl methyl sites for hydroxylation is 1. The van der Waals surface area contributed by atoms with Gasteiger partial charge in [0.25, 0.3) is 5.56 Å². The molecule has 0 spiro atoms. The van der Waals surface area contributed by atoms with Gasteiger partial charge in [0.2, 0.25) is 0 Å². The molecular formula is C11H13N3O. The van der Waals surface area contributed by atoms with Crippen molar-refractivity contribution in [3.05, 3.63) is 46.0 Å². The minimum absolute atomic E-state index is 0.0193. The molecule has 2 heterocycles. The number of fused-ring (bicyclic) bond motifs is 1. The largest absolute Gasteiger partial charge is 0.330 e. The number of nitrogens with two attached hydrogens (primary N) is 1. The van der Waals surface area contributed by atoms with Crippen LogP contribution in [0.1, 0.15) is 11.1 Å². The molecule has 0 unspecified atom stereocenters. The Bertz CT molecular complexity index is 545. The van der Waals surface area contributed by atoms with Crippen LogP contribution in [0.15, 0.2) is 29.3 Å². The van der Waals surface area contributed by atoms with Crippen LogP contribution in [-0.4, -0.2) is 15.9 Å². The Morgan fingerprint density at radius 3 is 3.00 bits per heavy atom. The van der Waals surface area contributed by atoms with Gasteiger partial charge in [0.05, 0.1) is 0 Å². The van der Waals surface area contributed by atoms with Gasteiger partial charge in [-0.1, -0.05) is 6.07 Å². The molecule has 0 radical (unpaired) electrons. The fourth-order valence-corrected chi connectivity index (χ4v) is 1.55. The van der Waals surface area contributed by atoms with Crippen LogP contribution < -0.4 is 11.3 Å². The monoisotopic (exact) mass is 203 g/mol. The molecule has 78 valence electrons. The molecule has 15 heavy (non-hydrogen) atoms. The molecule has 4 nitrogen and oxygen atoms in total. The van der Waals surface area contributed by atoms with Crippen molar-refractivity contribution in [2.75, 3.05) is 6.54 Å². The topological polar surface area (TPSA) is 60.4 Å². The summed E-state index contributed by atoms with van der Waals surface area (Å²) < 4.78 is 1.57. The highest BCUT2D eigenvalue weighted by atomic mass is 16.1. The summed E-state index contributed by atoms with van der Waals surface area (Å²) in [6, 6.07) is 3.77. The zero-order valence-electron chi connectivity index (χ0n) is 8.60. The molecule has 0 amide bonds. The number of aromatic nitrogens is 2. The molecular weight excluding hydrogens is 190 g/mol. The van der Waals surface area contributed by atoms with Crippen molar-refractivity contribution in [1.29, 1.82) is 0 Å². The minimum atomic E-state index is -0.0193. The zero-order chi connectivity index (χ0) is 10.8. The summed E-state index contributed by atoms with van der Waals surface area (Å²) in [6.45, 7) is 2.41. The Morgan fingerprint density at radius 2 is 2.27 bits per heavy atom. The first-order chi connectivity index (χ1) is 7.22. The number of rotatable bonds is 2. The van der Waals surface area contributed by atoms with E-state index in [9.17, 15) is 4.79 Å². The summed E-state index contributed by atoms with van der Waals surface area (Å²) in [6.07, 6.45) is 3.98. The summed E-state index contributed by atoms with van der Waals surface area (Å²) in [4.78, 5) is 16.1. The number of pyridine rings is 1. The van der Waals surface area contributed by atoms with Crippen molar-refractivity contribution < 1.29 is 0 Å². The lowest BCUT2D eigenvalue weighted by Crippen LogP contribution is -2.21. The van der Waals surface area contributed by atoms with E-state index in [0.717, 1.165) is 5.56 Å². The minimum Gasteiger partial charge on any atom is -0.330 e. The third kappa shape index (κ3) is 1.76. The summed E-state index contributed by atoms with van der Waals surface area (Å²) in [5, 5.41) is 0. The highest BCUT2D eigenvalue weighted by Gasteiger charge is 2.03. The lowest BCUT2D eigenvalue weighted by Gasteiger charge is -2.03. The molecule has 2 aromatic rings. The van der Waals surface area contributed by atoms with Gasteiger partial charge in [-0.15, -0.1) is 0 Å². The van der Waals surface area contributed by atoms with Crippen molar-refractivity contribution >= 4 is 5.65 Å². The predicted octanol–water partition coefficient (Wildman–Crippen LogP) is 0.504. The van der Waals surface area contributed by atoms with E-state index in [1.165, 1.54) is 0 Å². The van der Waals surface area contributed by atoms with Gasteiger partial charge in [-0.25, -0.2) is 4.98 Å². The van der Waals surface area contributed by atoms with Crippen LogP contribution in [0, 0.1) is 6.92 Å². The van der Waals surface area contributed by atoms with E-state index in [0.29, 0.717) is 24.2 Å². The van der Waals surface area contributed by atoms with Gasteiger partial charge >= 0.3 is 0 Å². The van der Waals surface area contributed by atoms with Gasteiger partial charge in [-0.3, -0.25) is 9.20 Å². The molecule has 2 N–H and O–H groups in total. The first-order valence-electron chi connectivity index (χ1n) is 4.89. The molecule has 2 rings (SSSR count). The first kappa shape index (κ1) is 9.86. The van der Waals surface area contributed by atoms with Gasteiger partial charge in [0.1, 0.15) is 5.65 Å². The molecule has 0 aliphatic carbocycles. The number of nitrogens with zero attached hydrogens (tertiary/aromatic N) is 2. The molecule has 2 aromatic heterocycles. The Hall–Kier alpha value is -1.68. The van der Waals surface area contributed by atoms with Crippen LogP contribution in [0.25, 0.3) is 5.65 Å². The Kier molecular flexibility index (Phi) is 2.51. The second-order valence-electron chi connectivity index (χ2n) is 3.56. The summed E-state index contributed by atoms with van der Waals surface area (Å²) in [7, 11) is 0. The van der Waals surface area contributed by atoms with E-state index in [4.69, 9.17) is 5.73 Å². The number of hydrogen-bond donors (Lipinski definition) is 1. The highest BCUT2D eigenvalue weighted by molar-refractivity contribution is 5.39. The predicted molar refractivity (Wildman–Crippen MR) is 59.0 cm³/mol. The van der Waals surface area contributed by atoms with Crippen molar-refractivity contribution in [2.45, 2.75) is 13.3 Å². The average Bonchev–Trinajstić information content (AvgIpc) is 2.23. The van der Waals surface area contributed by atoms with Crippen molar-refractivity contribution in [2.24, 2.45) is 5.73 Å². The van der Waals surface area contributed by atoms with Gasteiger partial charge in [-0.2, -0.15) is 0 Å². The third-order valence-electron chi connectivity index (χ3n) is 2.33. The zero-order valence-corrected chi connectivity index (χ0v) is 8.60. The van der Waals surface area contributed by atoms with Crippen LogP contribution in [0.5, 0.6) is 0 Å². The number of hydrogen-bond acceptors (Lipinski definition) is 3. The highest BCUT2D eigenvalue weighted by Crippen LogP contribution is 2.01. The molecule has 0 bridgehead atoms. The third-order valence-corrected chi connectivity index (χ3v) is 2.33. The molecule has 0 saturated carbocycles. The maximum absolute atomic E-state index is 11.9. The second kappa shape index (κ2) is 3.82. The molecule has 0 aliphatic heterocycles. The second-order valence-corrected chi connectivity index (χ2v) is 3.56. The maximum Gasteiger partial charge on any atom is 0.261 e. The van der Waals surface area contributed by atoms with Gasteiger partial charge in [0.15, 0.2) is 0 Å². The van der Waals surface area contributed by atoms with Gasteiger partial charge in [0, 0.05) is 18.0 Å². The van der Waals surface area contributed by atoms with E-state index in [1.807, 2.05) is 19.1 Å². The van der Waals surface area contributed by atoms with Crippen molar-refractivity contribution in [3.8, 4) is 0 Å². The van der Waals surface area contributed by atoms with Crippen molar-refractivity contribution in [1.82, 2.24) is 9.38 Å². The van der Waals surface area contributed by atoms with Crippen molar-refractivity contribution in [3.63, 3.8) is 0 Å². The van der Waals surface area contributed by atoms with E-state index < -0.39 is 0 Å². The van der Waals surface area contributed by atoms with E-state index in [2.05, 4.69) is 4.98 Å². The van der Waals surface area contributed by atoms with Crippen LogP contribution in [0.2, 0.25) is 0 Å². The molecule has 0 aromatic carbocycles. The first-order valence-corrected chi connectivity index (χ1v) is 4.89. The van der Waals surface area contributed by atoms with Crippen LogP contribution in [0.4, 0.5) is 0 Å². The maximum atomic E-state index is 11.9. The molecule has 0 fully saturated rings. The van der Waals surface area contributed by atoms with E-state index >= 15 is 0 Å². The molecule has 0 aliphatic rings. The van der Waals surface area contributed by atoms with Crippen LogP contribution >= 0.6 is 0 Å². The Labute approximate surface area is 87.4 Å². The van der Waals surface area contributed by atoms with Crippen LogP contribution in [-0.2, 0) is 6.42 Å². The average molecular weight is 203 g/mol. The Balaban J connectivity index is 2.71. The van der Waals surface area contributed by atoms with E-state index in [-0.39, 0.29) is 5.56 Å². The summed E-state index contributed by atoms with van der Waals surface area (Å²) in [5.74, 6) is 0. The van der Waals surface area contributed by atoms with E-state index in [1.54, 1.807) is 16.8 Å². The quantitative estimate of drug-likeness (QED) is 0.773. The lowest BCUT2D eigenvalue weighted by atomic mass is 10.2. The lowest BCUT2D eigenvalue weighted by molar-refractivity contribution is 0.904. The SMILES string of the molecule is Cc1ccc2ncc(CCN)c(=O)n2c1. The molecule has 0 atom stereocenters. The molecule has 4 heteroatoms. The molecule has 0 saturated heterocycles. The van der Waals surface area contributed by atoms with Crippen LogP contribution in [0.3, 0.4) is 0 Å². The Morgan fingerprint density at radius 1 is 1.47 bits per heavy atom. The fourth-order valence-electron chi connectivity index (χ4n) is 1.55. The smallest absolute Gasteiger partial charge is 0.261 e. The normalized spacial score (nSPS) is 10.8. The van der Waals surface area contributed by atoms with Gasteiger partial charge in [-0.05, 0) is 31.5 Å². The fraction of sp³-hybridized carbons (Fsp3) is 0.273. The summed E-state index contributed by atoms with van der Waals surface area (Å²) >= 11 is 0. The summed E-state index contributed by atoms with van der Waals surface area (Å²) in [5.41, 5.74) is 7.79. The standard InChI is InChI=1S/C11H13N3O/c1-8-2-3-10-13-6-9(4-5-12)11(15)14(10)7-8/h2-3,6-7H,4-5,12H2,1H3. The van der Waals surface area contributed by atoms with Gasteiger partial charge < -0.3 is 5.73 Å².